The highest BCUT2D eigenvalue weighted by atomic mass is 35.5. The number of fused-ring (bicyclic) bond motifs is 1. The molecule has 4 rings (SSSR count). The number of carbonyl (C=O) groups excluding carboxylic acids is 1. The molecule has 1 atom stereocenters. The summed E-state index contributed by atoms with van der Waals surface area (Å²) in [5.74, 6) is 1.21. The molecule has 42 heavy (non-hydrogen) atoms. The predicted molar refractivity (Wildman–Crippen MR) is 160 cm³/mol. The maximum Gasteiger partial charge on any atom is 0.349 e. The third-order valence-electron chi connectivity index (χ3n) is 6.97. The molecule has 3 aromatic carbocycles. The van der Waals surface area contributed by atoms with Crippen molar-refractivity contribution in [3.63, 3.8) is 0 Å². The topological polar surface area (TPSA) is 113 Å². The van der Waals surface area contributed by atoms with Gasteiger partial charge in [0.15, 0.2) is 18.1 Å². The van der Waals surface area contributed by atoms with Gasteiger partial charge in [0.05, 0.1) is 19.6 Å². The van der Waals surface area contributed by atoms with Gasteiger partial charge in [-0.1, -0.05) is 49.9 Å². The molecule has 220 valence electrons. The van der Waals surface area contributed by atoms with Gasteiger partial charge in [0.25, 0.3) is 0 Å². The Hall–Kier alpha value is -4.35. The van der Waals surface area contributed by atoms with E-state index < -0.39 is 11.9 Å². The minimum atomic E-state index is -0.594. The van der Waals surface area contributed by atoms with Gasteiger partial charge in [0, 0.05) is 16.7 Å². The van der Waals surface area contributed by atoms with E-state index in [4.69, 9.17) is 41.0 Å². The Labute approximate surface area is 251 Å². The molecular weight excluding hydrogens is 556 g/mol. The molecule has 1 aliphatic heterocycles. The van der Waals surface area contributed by atoms with Crippen molar-refractivity contribution in [1.82, 2.24) is 0 Å². The number of carbonyl (C=O) groups is 1. The van der Waals surface area contributed by atoms with Gasteiger partial charge in [-0.05, 0) is 67.3 Å². The van der Waals surface area contributed by atoms with Crippen molar-refractivity contribution in [2.75, 3.05) is 20.3 Å². The van der Waals surface area contributed by atoms with E-state index in [-0.39, 0.29) is 23.8 Å². The summed E-state index contributed by atoms with van der Waals surface area (Å²) in [7, 11) is 1.58. The van der Waals surface area contributed by atoms with Gasteiger partial charge in [0.2, 0.25) is 5.88 Å². The Morgan fingerprint density at radius 1 is 1.00 bits per heavy atom. The van der Waals surface area contributed by atoms with E-state index in [0.29, 0.717) is 40.2 Å². The summed E-state index contributed by atoms with van der Waals surface area (Å²) in [6.07, 6.45) is 4.40. The highest BCUT2D eigenvalue weighted by molar-refractivity contribution is 6.32. The number of benzene rings is 3. The Morgan fingerprint density at radius 2 is 1.76 bits per heavy atom. The van der Waals surface area contributed by atoms with Crippen molar-refractivity contribution in [3.8, 4) is 34.8 Å². The summed E-state index contributed by atoms with van der Waals surface area (Å²) in [6.45, 7) is 6.20. The molecule has 0 amide bonds. The molecule has 0 fully saturated rings. The SMILES string of the molecule is CCCCCCOc1ccc(C2C(C#N)=C(N)Oc3cc(OC(=O)COc4cc(C)c(Cl)c(C)c4)ccc32)cc1OC. The standard InChI is InChI=1S/C33H35ClN2O6/c1-5-6-7-8-13-39-27-12-9-22(16-29(27)38-4)31-25-11-10-23(17-28(25)42-33(36)26(31)18-35)41-30(37)19-40-24-14-20(2)32(34)21(3)15-24/h9-12,14-17,31H,5-8,13,19,36H2,1-4H3. The van der Waals surface area contributed by atoms with E-state index in [1.54, 1.807) is 37.4 Å². The average Bonchev–Trinajstić information content (AvgIpc) is 2.98. The zero-order valence-electron chi connectivity index (χ0n) is 24.3. The van der Waals surface area contributed by atoms with Crippen molar-refractivity contribution < 1.29 is 28.5 Å². The highest BCUT2D eigenvalue weighted by Crippen LogP contribution is 2.45. The number of esters is 1. The van der Waals surface area contributed by atoms with E-state index in [9.17, 15) is 10.1 Å². The normalized spacial score (nSPS) is 14.0. The molecule has 1 heterocycles. The first kappa shape index (κ1) is 30.6. The van der Waals surface area contributed by atoms with Gasteiger partial charge >= 0.3 is 5.97 Å². The van der Waals surface area contributed by atoms with Crippen molar-refractivity contribution in [1.29, 1.82) is 5.26 Å². The Balaban J connectivity index is 1.51. The van der Waals surface area contributed by atoms with E-state index in [0.717, 1.165) is 36.0 Å². The monoisotopic (exact) mass is 590 g/mol. The molecule has 3 aromatic rings. The quantitative estimate of drug-likeness (QED) is 0.135. The molecule has 0 saturated heterocycles. The molecule has 0 aromatic heterocycles. The second-order valence-electron chi connectivity index (χ2n) is 10.1. The van der Waals surface area contributed by atoms with Crippen molar-refractivity contribution in [2.45, 2.75) is 52.4 Å². The highest BCUT2D eigenvalue weighted by Gasteiger charge is 2.32. The number of rotatable bonds is 12. The number of methoxy groups -OCH3 is 1. The lowest BCUT2D eigenvalue weighted by Gasteiger charge is -2.27. The molecule has 1 unspecified atom stereocenters. The molecule has 8 nitrogen and oxygen atoms in total. The van der Waals surface area contributed by atoms with Crippen LogP contribution in [-0.4, -0.2) is 26.3 Å². The molecular formula is C33H35ClN2O6. The second kappa shape index (κ2) is 14.0. The third kappa shape index (κ3) is 7.10. The second-order valence-corrected chi connectivity index (χ2v) is 10.5. The van der Waals surface area contributed by atoms with Crippen molar-refractivity contribution in [2.24, 2.45) is 5.73 Å². The fourth-order valence-electron chi connectivity index (χ4n) is 4.83. The molecule has 0 spiro atoms. The minimum absolute atomic E-state index is 0.0227. The number of aryl methyl sites for hydroxylation is 2. The molecule has 1 aliphatic rings. The number of halogens is 1. The van der Waals surface area contributed by atoms with Gasteiger partial charge in [-0.3, -0.25) is 0 Å². The number of nitrogens with two attached hydrogens (primary N) is 1. The lowest BCUT2D eigenvalue weighted by molar-refractivity contribution is -0.136. The molecule has 0 bridgehead atoms. The number of hydrogen-bond acceptors (Lipinski definition) is 8. The number of ether oxygens (including phenoxy) is 5. The van der Waals surface area contributed by atoms with Crippen LogP contribution < -0.4 is 29.4 Å². The number of nitrogens with zero attached hydrogens (tertiary/aromatic N) is 1. The van der Waals surface area contributed by atoms with Crippen LogP contribution in [0.3, 0.4) is 0 Å². The summed E-state index contributed by atoms with van der Waals surface area (Å²) >= 11 is 6.21. The largest absolute Gasteiger partial charge is 0.493 e. The molecule has 0 aliphatic carbocycles. The molecule has 2 N–H and O–H groups in total. The van der Waals surface area contributed by atoms with Crippen molar-refractivity contribution in [3.05, 3.63) is 87.3 Å². The Bertz CT molecular complexity index is 1500. The average molecular weight is 591 g/mol. The lowest BCUT2D eigenvalue weighted by Crippen LogP contribution is -2.22. The van der Waals surface area contributed by atoms with Gasteiger partial charge in [0.1, 0.15) is 28.9 Å². The summed E-state index contributed by atoms with van der Waals surface area (Å²) in [5, 5.41) is 10.6. The van der Waals surface area contributed by atoms with E-state index in [1.165, 1.54) is 6.42 Å². The van der Waals surface area contributed by atoms with Gasteiger partial charge < -0.3 is 29.4 Å². The number of unbranched alkanes of at least 4 members (excludes halogenated alkanes) is 3. The van der Waals surface area contributed by atoms with Crippen LogP contribution in [0.15, 0.2) is 60.0 Å². The number of allylic oxidation sites excluding steroid dienone is 1. The van der Waals surface area contributed by atoms with Crippen LogP contribution in [0.2, 0.25) is 5.02 Å². The Kier molecular flexibility index (Phi) is 10.2. The van der Waals surface area contributed by atoms with Gasteiger partial charge in [-0.25, -0.2) is 4.79 Å². The van der Waals surface area contributed by atoms with Crippen molar-refractivity contribution >= 4 is 17.6 Å². The zero-order valence-corrected chi connectivity index (χ0v) is 25.0. The molecule has 0 saturated carbocycles. The third-order valence-corrected chi connectivity index (χ3v) is 7.56. The fraction of sp³-hybridized carbons (Fsp3) is 0.333. The van der Waals surface area contributed by atoms with Crippen LogP contribution in [0.5, 0.6) is 28.7 Å². The first-order chi connectivity index (χ1) is 20.2. The summed E-state index contributed by atoms with van der Waals surface area (Å²) in [6, 6.07) is 16.3. The van der Waals surface area contributed by atoms with E-state index in [2.05, 4.69) is 13.0 Å². The van der Waals surface area contributed by atoms with Crippen LogP contribution >= 0.6 is 11.6 Å². The van der Waals surface area contributed by atoms with Gasteiger partial charge in [-0.15, -0.1) is 0 Å². The smallest absolute Gasteiger partial charge is 0.349 e. The fourth-order valence-corrected chi connectivity index (χ4v) is 4.94. The van der Waals surface area contributed by atoms with E-state index >= 15 is 0 Å². The first-order valence-corrected chi connectivity index (χ1v) is 14.3. The summed E-state index contributed by atoms with van der Waals surface area (Å²) in [5.41, 5.74) is 9.62. The first-order valence-electron chi connectivity index (χ1n) is 13.9. The summed E-state index contributed by atoms with van der Waals surface area (Å²) in [4.78, 5) is 12.6. The number of nitriles is 1. The molecule has 0 radical (unpaired) electrons. The van der Waals surface area contributed by atoms with Crippen LogP contribution in [0.4, 0.5) is 0 Å². The van der Waals surface area contributed by atoms with Crippen LogP contribution in [0.1, 0.15) is 60.8 Å². The number of hydrogen-bond donors (Lipinski definition) is 1. The summed E-state index contributed by atoms with van der Waals surface area (Å²) < 4.78 is 28.5. The Morgan fingerprint density at radius 3 is 2.45 bits per heavy atom. The maximum absolute atomic E-state index is 12.6. The minimum Gasteiger partial charge on any atom is -0.493 e. The van der Waals surface area contributed by atoms with E-state index in [1.807, 2.05) is 32.0 Å². The molecule has 9 heteroatoms. The zero-order chi connectivity index (χ0) is 30.2. The predicted octanol–water partition coefficient (Wildman–Crippen LogP) is 7.13. The van der Waals surface area contributed by atoms with Gasteiger partial charge in [-0.2, -0.15) is 5.26 Å². The van der Waals surface area contributed by atoms with Crippen LogP contribution in [0, 0.1) is 25.2 Å². The lowest BCUT2D eigenvalue weighted by atomic mass is 9.83. The van der Waals surface area contributed by atoms with Crippen LogP contribution in [-0.2, 0) is 4.79 Å². The maximum atomic E-state index is 12.6. The van der Waals surface area contributed by atoms with Crippen LogP contribution in [0.25, 0.3) is 0 Å².